The quantitative estimate of drug-likeness (QED) is 0.0180. The van der Waals surface area contributed by atoms with Crippen molar-refractivity contribution in [2.45, 2.75) is 322 Å². The smallest absolute Gasteiger partial charge is 0.462 e. The highest BCUT2D eigenvalue weighted by Crippen LogP contribution is 2.49. The summed E-state index contributed by atoms with van der Waals surface area (Å²) < 4.78 is 69.9. The first-order valence-electron chi connectivity index (χ1n) is 33.8. The third kappa shape index (κ3) is 29.1. The molecule has 0 aromatic heterocycles. The predicted octanol–water partition coefficient (Wildman–Crippen LogP) is 2.48. The van der Waals surface area contributed by atoms with Crippen molar-refractivity contribution in [2.75, 3.05) is 33.0 Å². The van der Waals surface area contributed by atoms with Crippen molar-refractivity contribution in [1.82, 2.24) is 0 Å². The molecule has 10 unspecified atom stereocenters. The van der Waals surface area contributed by atoms with Crippen molar-refractivity contribution < 1.29 is 137 Å². The van der Waals surface area contributed by atoms with Gasteiger partial charge in [-0.25, -0.2) is 4.57 Å². The van der Waals surface area contributed by atoms with Crippen LogP contribution >= 0.6 is 7.82 Å². The topological polar surface area (TPSA) is 447 Å². The van der Waals surface area contributed by atoms with Crippen LogP contribution < -0.4 is 0 Å². The number of hydrogen-bond acceptors (Lipinski definition) is 27. The van der Waals surface area contributed by atoms with Gasteiger partial charge in [-0.1, -0.05) is 140 Å². The first-order chi connectivity index (χ1) is 44.6. The average Bonchev–Trinajstić information content (AvgIpc) is 0.771. The van der Waals surface area contributed by atoms with Crippen molar-refractivity contribution in [1.29, 1.82) is 0 Å². The van der Waals surface area contributed by atoms with Crippen molar-refractivity contribution in [3.63, 3.8) is 0 Å². The molecule has 4 rings (SSSR count). The highest BCUT2D eigenvalue weighted by atomic mass is 31.2. The number of hydrogen-bond donors (Lipinski definition) is 15. The van der Waals surface area contributed by atoms with Crippen LogP contribution in [-0.4, -0.2) is 256 Å². The van der Waals surface area contributed by atoms with Gasteiger partial charge in [0.1, 0.15) is 116 Å². The van der Waals surface area contributed by atoms with E-state index in [2.05, 4.69) is 50.3 Å². The molecule has 3 saturated heterocycles. The molecule has 0 spiro atoms. The highest BCUT2D eigenvalue weighted by Gasteiger charge is 2.58. The van der Waals surface area contributed by atoms with E-state index in [9.17, 15) is 90.5 Å². The van der Waals surface area contributed by atoms with E-state index in [1.165, 1.54) is 64.2 Å². The summed E-state index contributed by atoms with van der Waals surface area (Å²) in [6, 6.07) is 0. The van der Waals surface area contributed by atoms with Crippen LogP contribution in [-0.2, 0) is 61.1 Å². The molecule has 93 heavy (non-hydrogen) atoms. The van der Waals surface area contributed by atoms with Crippen LogP contribution in [0.1, 0.15) is 187 Å². The van der Waals surface area contributed by atoms with Crippen LogP contribution in [0.5, 0.6) is 0 Å². The van der Waals surface area contributed by atoms with Crippen LogP contribution in [0, 0.1) is 0 Å². The number of unbranched alkanes of at least 4 members (excludes halogenated alkanes) is 20. The zero-order chi connectivity index (χ0) is 68.3. The molecule has 0 radical (unpaired) electrons. The summed E-state index contributed by atoms with van der Waals surface area (Å²) in [5.74, 6) is -1.43. The molecule has 15 N–H and O–H groups in total. The molecular formula is C64H113O28P. The van der Waals surface area contributed by atoms with Gasteiger partial charge in [-0.15, -0.1) is 0 Å². The van der Waals surface area contributed by atoms with E-state index in [1.54, 1.807) is 0 Å². The lowest BCUT2D eigenvalue weighted by molar-refractivity contribution is -0.364. The minimum atomic E-state index is -5.76. The monoisotopic (exact) mass is 1360 g/mol. The molecule has 29 heteroatoms. The highest BCUT2D eigenvalue weighted by molar-refractivity contribution is 7.47. The number of phosphoric acid groups is 1. The molecule has 4 fully saturated rings. The summed E-state index contributed by atoms with van der Waals surface area (Å²) in [6.45, 7) is 0.0184. The van der Waals surface area contributed by atoms with Crippen molar-refractivity contribution in [3.05, 3.63) is 36.5 Å². The maximum atomic E-state index is 14.3. The summed E-state index contributed by atoms with van der Waals surface area (Å²) in [5, 5.41) is 150. The van der Waals surface area contributed by atoms with E-state index < -0.39 is 188 Å². The Labute approximate surface area is 547 Å². The number of phosphoric ester groups is 1. The van der Waals surface area contributed by atoms with Crippen molar-refractivity contribution in [2.24, 2.45) is 0 Å². The van der Waals surface area contributed by atoms with E-state index in [-0.39, 0.29) is 12.8 Å². The number of esters is 2. The van der Waals surface area contributed by atoms with Gasteiger partial charge >= 0.3 is 19.8 Å². The van der Waals surface area contributed by atoms with Gasteiger partial charge < -0.3 is 114 Å². The summed E-state index contributed by atoms with van der Waals surface area (Å²) in [4.78, 5) is 38.0. The second-order valence-electron chi connectivity index (χ2n) is 24.7. The Kier molecular flexibility index (Phi) is 40.9. The Morgan fingerprint density at radius 2 is 0.806 bits per heavy atom. The number of rotatable bonds is 47. The zero-order valence-electron chi connectivity index (χ0n) is 54.3. The second kappa shape index (κ2) is 45.9. The lowest BCUT2D eigenvalue weighted by atomic mass is 9.84. The Hall–Kier alpha value is -2.53. The fourth-order valence-electron chi connectivity index (χ4n) is 11.2. The fourth-order valence-corrected chi connectivity index (χ4v) is 12.2. The first-order valence-corrected chi connectivity index (χ1v) is 35.3. The predicted molar refractivity (Wildman–Crippen MR) is 333 cm³/mol. The van der Waals surface area contributed by atoms with Crippen LogP contribution in [0.4, 0.5) is 0 Å². The normalized spacial score (nSPS) is 33.8. The minimum absolute atomic E-state index is 0.000448. The standard InChI is InChI=1S/C64H113O28P/c1-3-5-7-9-11-13-15-17-19-21-22-24-26-28-30-32-34-45(67)83-38-41(86-46(68)35-33-31-29-27-25-23-20-18-16-14-12-10-8-6-4-2)39-85-93(81,82)92-61-59(90-63-57(79)51(73)48(70)43(37-66)88-63)54(76)53(75)55(77)60(61)91-64-58(80)52(74)49(71)44(89-64)40-84-62-56(78)50(72)47(69)42(36-65)87-62/h13,15,18-21,41-44,47-66,69-80H,3-12,14,16-17,22-40H2,1-2H3,(H,81,82)/b15-13-,20-18-,21-19-/t41-,42?,43?,44?,47+,48-,49+,50?,51?,52?,53+,54?,55?,56+,57-,58+,59-,60?,61+,62-,63-,64+/m1/s1. The Balaban J connectivity index is 1.47. The number of ether oxygens (including phenoxy) is 8. The first kappa shape index (κ1) is 82.9. The Morgan fingerprint density at radius 3 is 1.28 bits per heavy atom. The molecule has 0 bridgehead atoms. The molecule has 0 aromatic rings. The molecule has 1 aliphatic carbocycles. The molecule has 1 saturated carbocycles. The number of carbonyl (C=O) groups is 2. The number of allylic oxidation sites excluding steroid dienone is 6. The average molecular weight is 1360 g/mol. The van der Waals surface area contributed by atoms with E-state index >= 15 is 0 Å². The maximum Gasteiger partial charge on any atom is 0.472 e. The van der Waals surface area contributed by atoms with Crippen LogP contribution in [0.25, 0.3) is 0 Å². The van der Waals surface area contributed by atoms with Gasteiger partial charge in [0.25, 0.3) is 0 Å². The Morgan fingerprint density at radius 1 is 0.430 bits per heavy atom. The van der Waals surface area contributed by atoms with Gasteiger partial charge in [0.15, 0.2) is 25.0 Å². The summed E-state index contributed by atoms with van der Waals surface area (Å²) in [5.41, 5.74) is 0. The lowest BCUT2D eigenvalue weighted by Gasteiger charge is -2.49. The van der Waals surface area contributed by atoms with Gasteiger partial charge in [0.2, 0.25) is 0 Å². The zero-order valence-corrected chi connectivity index (χ0v) is 55.2. The van der Waals surface area contributed by atoms with Gasteiger partial charge in [-0.3, -0.25) is 18.6 Å². The third-order valence-corrected chi connectivity index (χ3v) is 18.0. The van der Waals surface area contributed by atoms with Crippen LogP contribution in [0.15, 0.2) is 36.5 Å². The minimum Gasteiger partial charge on any atom is -0.462 e. The largest absolute Gasteiger partial charge is 0.472 e. The van der Waals surface area contributed by atoms with Gasteiger partial charge in [-0.2, -0.15) is 0 Å². The van der Waals surface area contributed by atoms with E-state index in [4.69, 9.17) is 46.9 Å². The second-order valence-corrected chi connectivity index (χ2v) is 26.1. The van der Waals surface area contributed by atoms with E-state index in [1.807, 2.05) is 0 Å². The number of aliphatic hydroxyl groups is 14. The lowest BCUT2D eigenvalue weighted by Crippen LogP contribution is -2.69. The molecule has 0 aromatic carbocycles. The molecule has 3 heterocycles. The fraction of sp³-hybridized carbons (Fsp3) is 0.875. The summed E-state index contributed by atoms with van der Waals surface area (Å²) >= 11 is 0. The van der Waals surface area contributed by atoms with Crippen LogP contribution in [0.3, 0.4) is 0 Å². The van der Waals surface area contributed by atoms with E-state index in [0.29, 0.717) is 19.3 Å². The maximum absolute atomic E-state index is 14.3. The number of aliphatic hydroxyl groups excluding tert-OH is 14. The SMILES string of the molecule is CCCCCC/C=C\C/C=C\CCCCCCCC(=O)OC[C@H](COP(=O)(O)O[C@@H]1C(O[C@@H]2OC(CO[C@@H]3OC(CO)[C@H](O)C(O)[C@@H]3O)[C@H](O)C(O)[C@@H]2O)C(O)[C@@H](O)C(O)[C@H]1O[C@H]1OC(CO)[C@@H](O)C(O)[C@H]1O)OC(=O)CCCCCCC/C=C\CCCCCCCC. The van der Waals surface area contributed by atoms with Crippen LogP contribution in [0.2, 0.25) is 0 Å². The Bertz CT molecular complexity index is 2140. The molecule has 4 aliphatic rings. The number of carbonyl (C=O) groups excluding carboxylic acids is 2. The molecule has 23 atom stereocenters. The molecule has 3 aliphatic heterocycles. The van der Waals surface area contributed by atoms with Crippen molar-refractivity contribution >= 4 is 19.8 Å². The van der Waals surface area contributed by atoms with Gasteiger partial charge in [0.05, 0.1) is 26.4 Å². The summed E-state index contributed by atoms with van der Waals surface area (Å²) in [6.07, 6.45) is -7.37. The molecular weight excluding hydrogens is 1250 g/mol. The molecule has 0 amide bonds. The van der Waals surface area contributed by atoms with Crippen molar-refractivity contribution in [3.8, 4) is 0 Å². The van der Waals surface area contributed by atoms with Gasteiger partial charge in [-0.05, 0) is 70.6 Å². The van der Waals surface area contributed by atoms with Gasteiger partial charge in [0, 0.05) is 12.8 Å². The summed E-state index contributed by atoms with van der Waals surface area (Å²) in [7, 11) is -5.76. The van der Waals surface area contributed by atoms with E-state index in [0.717, 1.165) is 77.0 Å². The third-order valence-electron chi connectivity index (χ3n) is 17.0. The molecule has 542 valence electrons. The molecule has 28 nitrogen and oxygen atoms in total.